The fraction of sp³-hybridized carbons (Fsp3) is 0.273. The van der Waals surface area contributed by atoms with Gasteiger partial charge in [-0.05, 0) is 23.6 Å². The van der Waals surface area contributed by atoms with Crippen molar-refractivity contribution >= 4 is 23.0 Å². The van der Waals surface area contributed by atoms with Crippen LogP contribution in [0.1, 0.15) is 22.3 Å². The van der Waals surface area contributed by atoms with Gasteiger partial charge in [0.2, 0.25) is 0 Å². The minimum Gasteiger partial charge on any atom is -0.486 e. The smallest absolute Gasteiger partial charge is 0.300 e. The van der Waals surface area contributed by atoms with Gasteiger partial charge >= 0.3 is 5.91 Å². The van der Waals surface area contributed by atoms with E-state index in [0.29, 0.717) is 42.6 Å². The number of amides is 1. The molecule has 142 valence electrons. The Labute approximate surface area is 163 Å². The molecule has 0 aromatic heterocycles. The molecule has 28 heavy (non-hydrogen) atoms. The number of carbonyl (C=O) groups is 2. The molecule has 0 fully saturated rings. The van der Waals surface area contributed by atoms with Crippen LogP contribution in [0.5, 0.6) is 11.5 Å². The van der Waals surface area contributed by atoms with Gasteiger partial charge in [0.1, 0.15) is 13.2 Å². The number of anilines is 1. The topological polar surface area (TPSA) is 59.1 Å². The first-order chi connectivity index (χ1) is 13.7. The highest BCUT2D eigenvalue weighted by Crippen LogP contribution is 2.40. The van der Waals surface area contributed by atoms with E-state index in [1.165, 1.54) is 11.1 Å². The molecule has 0 bridgehead atoms. The molecule has 0 N–H and O–H groups in total. The van der Waals surface area contributed by atoms with Crippen LogP contribution >= 0.6 is 0 Å². The summed E-state index contributed by atoms with van der Waals surface area (Å²) in [6, 6.07) is 13.7. The summed E-state index contributed by atoms with van der Waals surface area (Å²) < 4.78 is 11.2. The van der Waals surface area contributed by atoms with Gasteiger partial charge in [0.05, 0.1) is 17.9 Å². The summed E-state index contributed by atoms with van der Waals surface area (Å²) in [5.74, 6) is 0.142. The highest BCUT2D eigenvalue weighted by molar-refractivity contribution is 6.52. The molecule has 6 heteroatoms. The van der Waals surface area contributed by atoms with Gasteiger partial charge in [0, 0.05) is 19.2 Å². The summed E-state index contributed by atoms with van der Waals surface area (Å²) >= 11 is 0. The molecular weight excluding hydrogens is 356 g/mol. The zero-order valence-corrected chi connectivity index (χ0v) is 15.4. The summed E-state index contributed by atoms with van der Waals surface area (Å²) in [6.07, 6.45) is 3.11. The molecule has 0 saturated heterocycles. The van der Waals surface area contributed by atoms with Crippen molar-refractivity contribution in [2.75, 3.05) is 37.9 Å². The van der Waals surface area contributed by atoms with E-state index in [9.17, 15) is 9.59 Å². The third kappa shape index (κ3) is 2.86. The lowest BCUT2D eigenvalue weighted by molar-refractivity contribution is -0.114. The number of nitrogens with zero attached hydrogens (tertiary/aromatic N) is 2. The van der Waals surface area contributed by atoms with Gasteiger partial charge < -0.3 is 9.47 Å². The lowest BCUT2D eigenvalue weighted by Gasteiger charge is -2.30. The van der Waals surface area contributed by atoms with E-state index in [0.717, 1.165) is 19.5 Å². The first-order valence-electron chi connectivity index (χ1n) is 9.47. The van der Waals surface area contributed by atoms with Crippen LogP contribution in [0.2, 0.25) is 0 Å². The number of rotatable bonds is 3. The summed E-state index contributed by atoms with van der Waals surface area (Å²) in [5, 5.41) is 0. The molecule has 1 amide bonds. The van der Waals surface area contributed by atoms with Gasteiger partial charge in [-0.1, -0.05) is 36.4 Å². The standard InChI is InChI=1S/C22H20N2O4/c25-21-17-12-19-20(28-11-10-27-19)13-18(17)24(22(21)26)14-23-8-6-16(7-9-23)15-4-2-1-3-5-15/h1-6,12-13H,7-11,14H2. The molecule has 0 unspecified atom stereocenters. The second kappa shape index (κ2) is 6.80. The Morgan fingerprint density at radius 1 is 0.964 bits per heavy atom. The summed E-state index contributed by atoms with van der Waals surface area (Å²) in [4.78, 5) is 28.8. The lowest BCUT2D eigenvalue weighted by atomic mass is 10.00. The molecule has 0 saturated carbocycles. The maximum absolute atomic E-state index is 12.6. The second-order valence-electron chi connectivity index (χ2n) is 7.14. The van der Waals surface area contributed by atoms with Crippen LogP contribution < -0.4 is 14.4 Å². The van der Waals surface area contributed by atoms with E-state index >= 15 is 0 Å². The summed E-state index contributed by atoms with van der Waals surface area (Å²) in [7, 11) is 0. The van der Waals surface area contributed by atoms with Crippen LogP contribution in [0.15, 0.2) is 48.5 Å². The van der Waals surface area contributed by atoms with Gasteiger partial charge in [-0.3, -0.25) is 19.4 Å². The highest BCUT2D eigenvalue weighted by atomic mass is 16.6. The van der Waals surface area contributed by atoms with Crippen molar-refractivity contribution in [3.8, 4) is 11.5 Å². The number of fused-ring (bicyclic) bond motifs is 2. The van der Waals surface area contributed by atoms with Crippen LogP contribution in [-0.4, -0.2) is 49.6 Å². The van der Waals surface area contributed by atoms with Crippen LogP contribution in [0.4, 0.5) is 5.69 Å². The fourth-order valence-electron chi connectivity index (χ4n) is 3.92. The first-order valence-corrected chi connectivity index (χ1v) is 9.47. The van der Waals surface area contributed by atoms with E-state index in [2.05, 4.69) is 23.1 Å². The Bertz CT molecular complexity index is 984. The first kappa shape index (κ1) is 17.0. The Morgan fingerprint density at radius 3 is 2.43 bits per heavy atom. The van der Waals surface area contributed by atoms with Crippen molar-refractivity contribution in [3.05, 3.63) is 59.7 Å². The van der Waals surface area contributed by atoms with Crippen LogP contribution in [0, 0.1) is 0 Å². The molecule has 2 aromatic rings. The van der Waals surface area contributed by atoms with Crippen molar-refractivity contribution in [1.29, 1.82) is 0 Å². The van der Waals surface area contributed by atoms with E-state index < -0.39 is 11.7 Å². The van der Waals surface area contributed by atoms with E-state index in [4.69, 9.17) is 9.47 Å². The molecule has 5 rings (SSSR count). The van der Waals surface area contributed by atoms with Crippen molar-refractivity contribution in [1.82, 2.24) is 4.90 Å². The number of hydrogen-bond acceptors (Lipinski definition) is 5. The quantitative estimate of drug-likeness (QED) is 0.771. The summed E-state index contributed by atoms with van der Waals surface area (Å²) in [6.45, 7) is 2.87. The van der Waals surface area contributed by atoms with Crippen molar-refractivity contribution in [3.63, 3.8) is 0 Å². The number of ketones is 1. The normalized spacial score (nSPS) is 18.9. The third-order valence-electron chi connectivity index (χ3n) is 5.41. The number of hydrogen-bond donors (Lipinski definition) is 0. The third-order valence-corrected chi connectivity index (χ3v) is 5.41. The molecule has 0 aliphatic carbocycles. The minimum atomic E-state index is -0.491. The van der Waals surface area contributed by atoms with Gasteiger partial charge in [0.25, 0.3) is 5.78 Å². The van der Waals surface area contributed by atoms with E-state index in [-0.39, 0.29) is 0 Å². The maximum atomic E-state index is 12.6. The van der Waals surface area contributed by atoms with Gasteiger partial charge in [-0.2, -0.15) is 0 Å². The number of ether oxygens (including phenoxy) is 2. The van der Waals surface area contributed by atoms with E-state index in [1.54, 1.807) is 17.0 Å². The van der Waals surface area contributed by atoms with Crippen molar-refractivity contribution in [2.24, 2.45) is 0 Å². The predicted octanol–water partition coefficient (Wildman–Crippen LogP) is 2.73. The molecule has 3 heterocycles. The Morgan fingerprint density at radius 2 is 1.71 bits per heavy atom. The summed E-state index contributed by atoms with van der Waals surface area (Å²) in [5.41, 5.74) is 3.56. The van der Waals surface area contributed by atoms with Crippen LogP contribution in [0.25, 0.3) is 5.57 Å². The van der Waals surface area contributed by atoms with Crippen molar-refractivity contribution < 1.29 is 19.1 Å². The van der Waals surface area contributed by atoms with E-state index in [1.807, 2.05) is 18.2 Å². The Hall–Kier alpha value is -3.12. The zero-order chi connectivity index (χ0) is 19.1. The molecule has 6 nitrogen and oxygen atoms in total. The van der Waals surface area contributed by atoms with Crippen LogP contribution in [-0.2, 0) is 4.79 Å². The molecule has 0 spiro atoms. The Kier molecular flexibility index (Phi) is 4.13. The highest BCUT2D eigenvalue weighted by Gasteiger charge is 2.38. The van der Waals surface area contributed by atoms with Crippen molar-refractivity contribution in [2.45, 2.75) is 6.42 Å². The number of benzene rings is 2. The fourth-order valence-corrected chi connectivity index (χ4v) is 3.92. The van der Waals surface area contributed by atoms with Crippen LogP contribution in [0.3, 0.4) is 0 Å². The minimum absolute atomic E-state index is 0.385. The Balaban J connectivity index is 1.36. The molecular formula is C22H20N2O4. The average Bonchev–Trinajstić information content (AvgIpc) is 2.98. The SMILES string of the molecule is O=C1C(=O)N(CN2CC=C(c3ccccc3)CC2)c2cc3c(cc21)OCCO3. The zero-order valence-electron chi connectivity index (χ0n) is 15.4. The number of carbonyl (C=O) groups excluding carboxylic acids is 2. The van der Waals surface area contributed by atoms with Gasteiger partial charge in [0.15, 0.2) is 11.5 Å². The lowest BCUT2D eigenvalue weighted by Crippen LogP contribution is -2.42. The van der Waals surface area contributed by atoms with Gasteiger partial charge in [-0.25, -0.2) is 0 Å². The molecule has 0 atom stereocenters. The molecule has 3 aliphatic rings. The second-order valence-corrected chi connectivity index (χ2v) is 7.14. The maximum Gasteiger partial charge on any atom is 0.300 e. The molecule has 0 radical (unpaired) electrons. The monoisotopic (exact) mass is 376 g/mol. The molecule has 3 aliphatic heterocycles. The average molecular weight is 376 g/mol. The molecule has 2 aromatic carbocycles. The number of Topliss-reactive ketones (excluding diaryl/α,β-unsaturated/α-hetero) is 1. The van der Waals surface area contributed by atoms with Gasteiger partial charge in [-0.15, -0.1) is 0 Å². The largest absolute Gasteiger partial charge is 0.486 e. The predicted molar refractivity (Wildman–Crippen MR) is 105 cm³/mol.